The van der Waals surface area contributed by atoms with Gasteiger partial charge in [0.1, 0.15) is 17.6 Å². The average Bonchev–Trinajstić information content (AvgIpc) is 2.78. The van der Waals surface area contributed by atoms with Gasteiger partial charge in [0, 0.05) is 12.1 Å². The van der Waals surface area contributed by atoms with Crippen LogP contribution in [0.25, 0.3) is 0 Å². The van der Waals surface area contributed by atoms with E-state index in [1.165, 1.54) is 6.42 Å². The molecule has 0 heterocycles. The zero-order valence-corrected chi connectivity index (χ0v) is 10.6. The first kappa shape index (κ1) is 12.2. The minimum Gasteiger partial charge on any atom is -0.494 e. The summed E-state index contributed by atoms with van der Waals surface area (Å²) in [6.45, 7) is 2.68. The van der Waals surface area contributed by atoms with Gasteiger partial charge in [-0.2, -0.15) is 0 Å². The molecular weight excluding hydrogens is 214 g/mol. The van der Waals surface area contributed by atoms with Crippen molar-refractivity contribution in [3.63, 3.8) is 0 Å². The quantitative estimate of drug-likeness (QED) is 0.851. The first-order valence-corrected chi connectivity index (χ1v) is 6.38. The van der Waals surface area contributed by atoms with Crippen LogP contribution in [0.1, 0.15) is 26.2 Å². The number of nitrogens with one attached hydrogen (secondary N) is 1. The summed E-state index contributed by atoms with van der Waals surface area (Å²) in [5, 5.41) is 3.31. The Kier molecular flexibility index (Phi) is 4.26. The van der Waals surface area contributed by atoms with Gasteiger partial charge in [0.15, 0.2) is 0 Å². The van der Waals surface area contributed by atoms with Crippen molar-refractivity contribution in [1.29, 1.82) is 0 Å². The second kappa shape index (κ2) is 5.92. The lowest BCUT2D eigenvalue weighted by molar-refractivity contribution is 0.205. The molecule has 0 aromatic heterocycles. The molecule has 0 radical (unpaired) electrons. The molecule has 1 N–H and O–H groups in total. The van der Waals surface area contributed by atoms with E-state index in [1.807, 2.05) is 38.2 Å². The van der Waals surface area contributed by atoms with Crippen LogP contribution in [-0.4, -0.2) is 25.8 Å². The van der Waals surface area contributed by atoms with E-state index < -0.39 is 0 Å². The normalized spacial score (nSPS) is 23.6. The standard InChI is InChI=1S/C14H21NO2/c1-3-16-12-5-4-6-13(10-12)17-14-8-7-11(9-14)15-2/h4-6,10-11,14-15H,3,7-9H2,1-2H3. The Balaban J connectivity index is 1.92. The molecule has 1 fully saturated rings. The highest BCUT2D eigenvalue weighted by Gasteiger charge is 2.24. The Morgan fingerprint density at radius 1 is 1.29 bits per heavy atom. The molecule has 1 aliphatic rings. The van der Waals surface area contributed by atoms with Gasteiger partial charge in [-0.1, -0.05) is 6.07 Å². The third kappa shape index (κ3) is 3.37. The third-order valence-electron chi connectivity index (χ3n) is 3.21. The summed E-state index contributed by atoms with van der Waals surface area (Å²) in [5.74, 6) is 1.80. The minimum atomic E-state index is 0.337. The van der Waals surface area contributed by atoms with Gasteiger partial charge in [0.2, 0.25) is 0 Å². The summed E-state index contributed by atoms with van der Waals surface area (Å²) in [6, 6.07) is 8.51. The summed E-state index contributed by atoms with van der Waals surface area (Å²) in [6.07, 6.45) is 3.76. The smallest absolute Gasteiger partial charge is 0.123 e. The maximum Gasteiger partial charge on any atom is 0.123 e. The Labute approximate surface area is 103 Å². The highest BCUT2D eigenvalue weighted by atomic mass is 16.5. The lowest BCUT2D eigenvalue weighted by Gasteiger charge is -2.14. The Morgan fingerprint density at radius 3 is 2.82 bits per heavy atom. The van der Waals surface area contributed by atoms with Gasteiger partial charge < -0.3 is 14.8 Å². The van der Waals surface area contributed by atoms with Gasteiger partial charge >= 0.3 is 0 Å². The Morgan fingerprint density at radius 2 is 2.12 bits per heavy atom. The van der Waals surface area contributed by atoms with Crippen molar-refractivity contribution in [2.45, 2.75) is 38.3 Å². The van der Waals surface area contributed by atoms with E-state index in [1.54, 1.807) is 0 Å². The van der Waals surface area contributed by atoms with E-state index in [2.05, 4.69) is 5.32 Å². The first-order valence-electron chi connectivity index (χ1n) is 6.38. The molecule has 17 heavy (non-hydrogen) atoms. The molecule has 1 saturated carbocycles. The third-order valence-corrected chi connectivity index (χ3v) is 3.21. The van der Waals surface area contributed by atoms with Crippen LogP contribution in [0.2, 0.25) is 0 Å². The molecule has 3 heteroatoms. The predicted octanol–water partition coefficient (Wildman–Crippen LogP) is 2.60. The molecule has 94 valence electrons. The van der Waals surface area contributed by atoms with Crippen LogP contribution in [-0.2, 0) is 0 Å². The van der Waals surface area contributed by atoms with Crippen LogP contribution in [0, 0.1) is 0 Å². The molecule has 1 aromatic carbocycles. The van der Waals surface area contributed by atoms with Crippen molar-refractivity contribution in [3.05, 3.63) is 24.3 Å². The summed E-state index contributed by atoms with van der Waals surface area (Å²) >= 11 is 0. The molecular formula is C14H21NO2. The van der Waals surface area contributed by atoms with Crippen LogP contribution in [0.5, 0.6) is 11.5 Å². The van der Waals surface area contributed by atoms with Crippen molar-refractivity contribution >= 4 is 0 Å². The fourth-order valence-corrected chi connectivity index (χ4v) is 2.31. The first-order chi connectivity index (χ1) is 8.31. The zero-order valence-electron chi connectivity index (χ0n) is 10.6. The molecule has 0 aliphatic heterocycles. The molecule has 3 nitrogen and oxygen atoms in total. The van der Waals surface area contributed by atoms with Gasteiger partial charge in [-0.3, -0.25) is 0 Å². The van der Waals surface area contributed by atoms with Crippen LogP contribution >= 0.6 is 0 Å². The molecule has 0 bridgehead atoms. The largest absolute Gasteiger partial charge is 0.494 e. The number of ether oxygens (including phenoxy) is 2. The lowest BCUT2D eigenvalue weighted by Crippen LogP contribution is -2.23. The molecule has 0 spiro atoms. The zero-order chi connectivity index (χ0) is 12.1. The van der Waals surface area contributed by atoms with Crippen LogP contribution < -0.4 is 14.8 Å². The van der Waals surface area contributed by atoms with Gasteiger partial charge in [0.05, 0.1) is 6.61 Å². The second-order valence-corrected chi connectivity index (χ2v) is 4.45. The SMILES string of the molecule is CCOc1cccc(OC2CCC(NC)C2)c1. The number of benzene rings is 1. The molecule has 2 rings (SSSR count). The van der Waals surface area contributed by atoms with E-state index >= 15 is 0 Å². The average molecular weight is 235 g/mol. The predicted molar refractivity (Wildman–Crippen MR) is 68.7 cm³/mol. The van der Waals surface area contributed by atoms with Gasteiger partial charge in [-0.15, -0.1) is 0 Å². The Bertz CT molecular complexity index is 354. The summed E-state index contributed by atoms with van der Waals surface area (Å²) in [5.41, 5.74) is 0. The van der Waals surface area contributed by atoms with E-state index in [0.29, 0.717) is 18.8 Å². The van der Waals surface area contributed by atoms with Gasteiger partial charge in [0.25, 0.3) is 0 Å². The van der Waals surface area contributed by atoms with Crippen LogP contribution in [0.15, 0.2) is 24.3 Å². The van der Waals surface area contributed by atoms with Gasteiger partial charge in [-0.25, -0.2) is 0 Å². The van der Waals surface area contributed by atoms with Crippen molar-refractivity contribution < 1.29 is 9.47 Å². The summed E-state index contributed by atoms with van der Waals surface area (Å²) in [7, 11) is 2.02. The van der Waals surface area contributed by atoms with Crippen LogP contribution in [0.4, 0.5) is 0 Å². The van der Waals surface area contributed by atoms with E-state index in [9.17, 15) is 0 Å². The highest BCUT2D eigenvalue weighted by molar-refractivity contribution is 5.33. The number of hydrogen-bond donors (Lipinski definition) is 1. The number of hydrogen-bond acceptors (Lipinski definition) is 3. The molecule has 1 aromatic rings. The van der Waals surface area contributed by atoms with E-state index in [4.69, 9.17) is 9.47 Å². The lowest BCUT2D eigenvalue weighted by atomic mass is 10.2. The van der Waals surface area contributed by atoms with Crippen molar-refractivity contribution in [2.75, 3.05) is 13.7 Å². The second-order valence-electron chi connectivity index (χ2n) is 4.45. The molecule has 0 saturated heterocycles. The fraction of sp³-hybridized carbons (Fsp3) is 0.571. The van der Waals surface area contributed by atoms with Crippen molar-refractivity contribution in [2.24, 2.45) is 0 Å². The fourth-order valence-electron chi connectivity index (χ4n) is 2.31. The van der Waals surface area contributed by atoms with E-state index in [-0.39, 0.29) is 0 Å². The maximum absolute atomic E-state index is 5.97. The van der Waals surface area contributed by atoms with Gasteiger partial charge in [-0.05, 0) is 45.4 Å². The molecule has 2 unspecified atom stereocenters. The number of rotatable bonds is 5. The van der Waals surface area contributed by atoms with Crippen molar-refractivity contribution in [3.8, 4) is 11.5 Å². The minimum absolute atomic E-state index is 0.337. The molecule has 2 atom stereocenters. The highest BCUT2D eigenvalue weighted by Crippen LogP contribution is 2.26. The Hall–Kier alpha value is -1.22. The maximum atomic E-state index is 5.97. The summed E-state index contributed by atoms with van der Waals surface area (Å²) in [4.78, 5) is 0. The van der Waals surface area contributed by atoms with Crippen molar-refractivity contribution in [1.82, 2.24) is 5.32 Å². The molecule has 1 aliphatic carbocycles. The topological polar surface area (TPSA) is 30.5 Å². The van der Waals surface area contributed by atoms with E-state index in [0.717, 1.165) is 24.3 Å². The van der Waals surface area contributed by atoms with Crippen LogP contribution in [0.3, 0.4) is 0 Å². The summed E-state index contributed by atoms with van der Waals surface area (Å²) < 4.78 is 11.4. The monoisotopic (exact) mass is 235 g/mol. The molecule has 0 amide bonds.